The average molecular weight is 451 g/mol. The van der Waals surface area contributed by atoms with E-state index in [2.05, 4.69) is 10.5 Å². The fraction of sp³-hybridized carbons (Fsp3) is 0.286. The summed E-state index contributed by atoms with van der Waals surface area (Å²) in [6, 6.07) is 7.91. The van der Waals surface area contributed by atoms with Crippen LogP contribution in [-0.4, -0.2) is 52.6 Å². The number of ether oxygens (including phenoxy) is 5. The highest BCUT2D eigenvalue weighted by atomic mass is 35.5. The number of hydrogen-bond acceptors (Lipinski definition) is 8. The lowest BCUT2D eigenvalue weighted by atomic mass is 10.2. The van der Waals surface area contributed by atoms with Gasteiger partial charge in [-0.1, -0.05) is 11.6 Å². The van der Waals surface area contributed by atoms with Gasteiger partial charge >= 0.3 is 5.97 Å². The number of esters is 1. The lowest BCUT2D eigenvalue weighted by Gasteiger charge is -2.12. The summed E-state index contributed by atoms with van der Waals surface area (Å²) in [4.78, 5) is 23.9. The van der Waals surface area contributed by atoms with E-state index in [1.54, 1.807) is 37.3 Å². The third kappa shape index (κ3) is 6.78. The maximum atomic E-state index is 12.4. The van der Waals surface area contributed by atoms with Crippen LogP contribution in [0.25, 0.3) is 0 Å². The Hall–Kier alpha value is -3.46. The van der Waals surface area contributed by atoms with Crippen LogP contribution in [0.2, 0.25) is 5.02 Å². The fourth-order valence-electron chi connectivity index (χ4n) is 2.46. The fourth-order valence-corrected chi connectivity index (χ4v) is 2.73. The smallest absolute Gasteiger partial charge is 0.344 e. The van der Waals surface area contributed by atoms with Crippen LogP contribution in [0.15, 0.2) is 35.4 Å². The van der Waals surface area contributed by atoms with E-state index in [0.717, 1.165) is 0 Å². The molecular formula is C21H23ClN2O7. The molecule has 0 bridgehead atoms. The normalized spacial score (nSPS) is 10.5. The van der Waals surface area contributed by atoms with Gasteiger partial charge in [0.2, 0.25) is 0 Å². The van der Waals surface area contributed by atoms with Gasteiger partial charge in [-0.15, -0.1) is 0 Å². The Morgan fingerprint density at radius 2 is 1.71 bits per heavy atom. The highest BCUT2D eigenvalue weighted by Gasteiger charge is 2.14. The molecule has 0 aliphatic rings. The van der Waals surface area contributed by atoms with Crippen molar-refractivity contribution < 1.29 is 33.3 Å². The molecular weight excluding hydrogens is 428 g/mol. The molecule has 1 amide bonds. The largest absolute Gasteiger partial charge is 0.497 e. The SMILES string of the molecule is CCOC(=O)COc1c(Cl)cc(/C=N\NC(=O)c2cc(OC)cc(OC)c2)cc1OC. The number of hydrogen-bond donors (Lipinski definition) is 1. The number of nitrogens with zero attached hydrogens (tertiary/aromatic N) is 1. The first kappa shape index (κ1) is 23.8. The molecule has 2 aromatic carbocycles. The molecule has 9 nitrogen and oxygen atoms in total. The number of methoxy groups -OCH3 is 3. The summed E-state index contributed by atoms with van der Waals surface area (Å²) < 4.78 is 25.8. The van der Waals surface area contributed by atoms with Crippen molar-refractivity contribution in [3.8, 4) is 23.0 Å². The van der Waals surface area contributed by atoms with Gasteiger partial charge in [0.05, 0.1) is 39.2 Å². The molecule has 0 radical (unpaired) electrons. The van der Waals surface area contributed by atoms with Crippen LogP contribution < -0.4 is 24.4 Å². The molecule has 0 aliphatic heterocycles. The molecule has 0 aliphatic carbocycles. The second-order valence-electron chi connectivity index (χ2n) is 5.93. The van der Waals surface area contributed by atoms with Crippen LogP contribution in [-0.2, 0) is 9.53 Å². The van der Waals surface area contributed by atoms with E-state index in [4.69, 9.17) is 35.3 Å². The van der Waals surface area contributed by atoms with Gasteiger partial charge in [0, 0.05) is 11.6 Å². The maximum Gasteiger partial charge on any atom is 0.344 e. The minimum absolute atomic E-state index is 0.196. The monoisotopic (exact) mass is 450 g/mol. The maximum absolute atomic E-state index is 12.4. The molecule has 166 valence electrons. The van der Waals surface area contributed by atoms with Crippen molar-refractivity contribution in [3.05, 3.63) is 46.5 Å². The zero-order valence-electron chi connectivity index (χ0n) is 17.6. The minimum Gasteiger partial charge on any atom is -0.497 e. The summed E-state index contributed by atoms with van der Waals surface area (Å²) in [5, 5.41) is 4.14. The Bertz CT molecular complexity index is 941. The highest BCUT2D eigenvalue weighted by molar-refractivity contribution is 6.32. The molecule has 0 saturated carbocycles. The summed E-state index contributed by atoms with van der Waals surface area (Å²) in [5.74, 6) is 0.458. The molecule has 0 heterocycles. The van der Waals surface area contributed by atoms with Crippen molar-refractivity contribution >= 4 is 29.7 Å². The van der Waals surface area contributed by atoms with Crippen LogP contribution in [0.3, 0.4) is 0 Å². The minimum atomic E-state index is -0.525. The van der Waals surface area contributed by atoms with Crippen LogP contribution in [0, 0.1) is 0 Å². The topological polar surface area (TPSA) is 105 Å². The highest BCUT2D eigenvalue weighted by Crippen LogP contribution is 2.36. The van der Waals surface area contributed by atoms with Gasteiger partial charge in [0.15, 0.2) is 18.1 Å². The summed E-state index contributed by atoms with van der Waals surface area (Å²) in [6.45, 7) is 1.64. The number of halogens is 1. The number of hydrazone groups is 1. The molecule has 0 fully saturated rings. The summed E-state index contributed by atoms with van der Waals surface area (Å²) in [5.41, 5.74) is 3.27. The Labute approximate surface area is 184 Å². The molecule has 2 aromatic rings. The molecule has 0 atom stereocenters. The second-order valence-corrected chi connectivity index (χ2v) is 6.34. The Balaban J connectivity index is 2.11. The number of carbonyl (C=O) groups is 2. The van der Waals surface area contributed by atoms with Crippen LogP contribution in [0.1, 0.15) is 22.8 Å². The first-order valence-corrected chi connectivity index (χ1v) is 9.52. The summed E-state index contributed by atoms with van der Waals surface area (Å²) in [6.07, 6.45) is 1.39. The van der Waals surface area contributed by atoms with Gasteiger partial charge in [-0.05, 0) is 36.8 Å². The standard InChI is InChI=1S/C21H23ClN2O7/c1-5-30-19(25)12-31-20-17(22)6-13(7-18(20)29-4)11-23-24-21(26)14-8-15(27-2)10-16(9-14)28-3/h6-11H,5,12H2,1-4H3,(H,24,26)/b23-11-. The van der Waals surface area contributed by atoms with Gasteiger partial charge < -0.3 is 23.7 Å². The molecule has 0 aromatic heterocycles. The number of nitrogens with one attached hydrogen (secondary N) is 1. The van der Waals surface area contributed by atoms with Crippen molar-refractivity contribution in [1.29, 1.82) is 0 Å². The Morgan fingerprint density at radius 1 is 1.03 bits per heavy atom. The summed E-state index contributed by atoms with van der Waals surface area (Å²) in [7, 11) is 4.42. The molecule has 0 spiro atoms. The van der Waals surface area contributed by atoms with E-state index in [9.17, 15) is 9.59 Å². The molecule has 10 heteroatoms. The van der Waals surface area contributed by atoms with Crippen molar-refractivity contribution in [3.63, 3.8) is 0 Å². The third-order valence-electron chi connectivity index (χ3n) is 3.88. The van der Waals surface area contributed by atoms with Crippen molar-refractivity contribution in [2.24, 2.45) is 5.10 Å². The molecule has 0 saturated heterocycles. The van der Waals surface area contributed by atoms with E-state index in [-0.39, 0.29) is 24.0 Å². The Kier molecular flexibility index (Phi) is 8.95. The van der Waals surface area contributed by atoms with Gasteiger partial charge in [-0.25, -0.2) is 10.2 Å². The zero-order valence-corrected chi connectivity index (χ0v) is 18.3. The van der Waals surface area contributed by atoms with E-state index >= 15 is 0 Å². The van der Waals surface area contributed by atoms with Crippen molar-refractivity contribution in [2.45, 2.75) is 6.92 Å². The van der Waals surface area contributed by atoms with Gasteiger partial charge in [0.25, 0.3) is 5.91 Å². The lowest BCUT2D eigenvalue weighted by molar-refractivity contribution is -0.145. The number of benzene rings is 2. The quantitative estimate of drug-likeness (QED) is 0.337. The number of amides is 1. The predicted octanol–water partition coefficient (Wildman–Crippen LogP) is 3.07. The summed E-state index contributed by atoms with van der Waals surface area (Å²) >= 11 is 6.24. The van der Waals surface area contributed by atoms with Crippen LogP contribution in [0.5, 0.6) is 23.0 Å². The van der Waals surface area contributed by atoms with Gasteiger partial charge in [0.1, 0.15) is 11.5 Å². The molecule has 2 rings (SSSR count). The van der Waals surface area contributed by atoms with E-state index in [0.29, 0.717) is 28.4 Å². The van der Waals surface area contributed by atoms with E-state index in [1.807, 2.05) is 0 Å². The first-order chi connectivity index (χ1) is 14.9. The van der Waals surface area contributed by atoms with Crippen molar-refractivity contribution in [1.82, 2.24) is 5.43 Å². The van der Waals surface area contributed by atoms with Gasteiger partial charge in [-0.3, -0.25) is 4.79 Å². The van der Waals surface area contributed by atoms with E-state index in [1.165, 1.54) is 27.5 Å². The Morgan fingerprint density at radius 3 is 2.29 bits per heavy atom. The number of rotatable bonds is 10. The lowest BCUT2D eigenvalue weighted by Crippen LogP contribution is -2.17. The molecule has 31 heavy (non-hydrogen) atoms. The average Bonchev–Trinajstić information content (AvgIpc) is 2.77. The third-order valence-corrected chi connectivity index (χ3v) is 4.17. The molecule has 1 N–H and O–H groups in total. The second kappa shape index (κ2) is 11.7. The van der Waals surface area contributed by atoms with Crippen molar-refractivity contribution in [2.75, 3.05) is 34.5 Å². The van der Waals surface area contributed by atoms with Crippen LogP contribution >= 0.6 is 11.6 Å². The number of carbonyl (C=O) groups excluding carboxylic acids is 2. The van der Waals surface area contributed by atoms with Crippen LogP contribution in [0.4, 0.5) is 0 Å². The predicted molar refractivity (Wildman–Crippen MR) is 115 cm³/mol. The van der Waals surface area contributed by atoms with E-state index < -0.39 is 11.9 Å². The zero-order chi connectivity index (χ0) is 22.8. The first-order valence-electron chi connectivity index (χ1n) is 9.14. The molecule has 0 unspecified atom stereocenters. The van der Waals surface area contributed by atoms with Gasteiger partial charge in [-0.2, -0.15) is 5.10 Å².